The van der Waals surface area contributed by atoms with Gasteiger partial charge >= 0.3 is 0 Å². The molecule has 2 nitrogen and oxygen atoms in total. The van der Waals surface area contributed by atoms with E-state index < -0.39 is 11.3 Å². The van der Waals surface area contributed by atoms with Crippen molar-refractivity contribution >= 4 is 14.9 Å². The molecule has 0 saturated heterocycles. The van der Waals surface area contributed by atoms with E-state index in [1.165, 1.54) is 21.4 Å². The van der Waals surface area contributed by atoms with Crippen LogP contribution in [-0.4, -0.2) is 10.8 Å². The second kappa shape index (κ2) is 3.75. The summed E-state index contributed by atoms with van der Waals surface area (Å²) in [7, 11) is 1.43. The molecule has 3 rings (SSSR count). The third-order valence-electron chi connectivity index (χ3n) is 3.52. The zero-order valence-corrected chi connectivity index (χ0v) is 11.1. The van der Waals surface area contributed by atoms with Gasteiger partial charge in [-0.1, -0.05) is 39.6 Å². The van der Waals surface area contributed by atoms with Crippen LogP contribution in [0.15, 0.2) is 42.5 Å². The quantitative estimate of drug-likeness (QED) is 0.622. The molecular weight excluding hydrogens is 267 g/mol. The first-order valence-corrected chi connectivity index (χ1v) is 6.32. The van der Waals surface area contributed by atoms with E-state index in [1.807, 2.05) is 0 Å². The number of alkyl halides is 2. The van der Waals surface area contributed by atoms with Crippen LogP contribution in [0.3, 0.4) is 0 Å². The lowest BCUT2D eigenvalue weighted by Crippen LogP contribution is -2.40. The molecule has 0 aromatic heterocycles. The van der Waals surface area contributed by atoms with Crippen molar-refractivity contribution in [2.45, 2.75) is 11.3 Å². The number of nitrogen functional groups attached to an aromatic ring is 1. The van der Waals surface area contributed by atoms with Crippen molar-refractivity contribution in [3.63, 3.8) is 0 Å². The SMILES string of the molecule is Nc1ccc2c(c1)C(O)(C(F)(F)P)c1ccccc1-2. The number of hydrogen-bond acceptors (Lipinski definition) is 2. The predicted molar refractivity (Wildman–Crippen MR) is 73.9 cm³/mol. The highest BCUT2D eigenvalue weighted by atomic mass is 31.0. The first kappa shape index (κ1) is 12.5. The van der Waals surface area contributed by atoms with Gasteiger partial charge in [-0.25, -0.2) is 0 Å². The van der Waals surface area contributed by atoms with Gasteiger partial charge in [0, 0.05) is 16.8 Å². The minimum Gasteiger partial charge on any atom is -0.399 e. The number of nitrogens with two attached hydrogens (primary N) is 1. The highest BCUT2D eigenvalue weighted by Gasteiger charge is 2.56. The van der Waals surface area contributed by atoms with Crippen molar-refractivity contribution in [3.05, 3.63) is 53.6 Å². The molecule has 0 saturated carbocycles. The molecule has 2 unspecified atom stereocenters. The molecule has 98 valence electrons. The maximum Gasteiger partial charge on any atom is 0.295 e. The Morgan fingerprint density at radius 2 is 1.68 bits per heavy atom. The summed E-state index contributed by atoms with van der Waals surface area (Å²) in [5.41, 5.74) is 1.82. The lowest BCUT2D eigenvalue weighted by atomic mass is 9.91. The molecule has 3 N–H and O–H groups in total. The zero-order valence-electron chi connectivity index (χ0n) is 9.90. The van der Waals surface area contributed by atoms with E-state index in [9.17, 15) is 13.9 Å². The van der Waals surface area contributed by atoms with Gasteiger partial charge in [-0.15, -0.1) is 0 Å². The molecule has 0 spiro atoms. The van der Waals surface area contributed by atoms with Gasteiger partial charge in [-0.05, 0) is 23.3 Å². The summed E-state index contributed by atoms with van der Waals surface area (Å²) in [6, 6.07) is 11.3. The molecule has 19 heavy (non-hydrogen) atoms. The van der Waals surface area contributed by atoms with Crippen LogP contribution in [0.1, 0.15) is 11.1 Å². The van der Waals surface area contributed by atoms with E-state index in [0.29, 0.717) is 16.8 Å². The smallest absolute Gasteiger partial charge is 0.295 e. The van der Waals surface area contributed by atoms with Crippen LogP contribution in [0, 0.1) is 0 Å². The van der Waals surface area contributed by atoms with E-state index in [0.717, 1.165) is 0 Å². The number of halogens is 2. The average Bonchev–Trinajstić information content (AvgIpc) is 2.61. The number of anilines is 1. The van der Waals surface area contributed by atoms with Crippen LogP contribution in [0.25, 0.3) is 11.1 Å². The summed E-state index contributed by atoms with van der Waals surface area (Å²) in [6.45, 7) is 0. The predicted octanol–water partition coefficient (Wildman–Crippen LogP) is 2.95. The average molecular weight is 279 g/mol. The number of fused-ring (bicyclic) bond motifs is 3. The molecule has 0 bridgehead atoms. The van der Waals surface area contributed by atoms with Crippen molar-refractivity contribution in [2.24, 2.45) is 0 Å². The summed E-state index contributed by atoms with van der Waals surface area (Å²) >= 11 is 0. The van der Waals surface area contributed by atoms with Crippen LogP contribution < -0.4 is 5.73 Å². The van der Waals surface area contributed by atoms with Gasteiger partial charge in [-0.3, -0.25) is 0 Å². The minimum atomic E-state index is -3.39. The summed E-state index contributed by atoms with van der Waals surface area (Å²) < 4.78 is 27.9. The van der Waals surface area contributed by atoms with Gasteiger partial charge in [0.25, 0.3) is 5.66 Å². The van der Waals surface area contributed by atoms with Gasteiger partial charge in [0.15, 0.2) is 5.60 Å². The Hall–Kier alpha value is -1.51. The molecule has 0 amide bonds. The molecular formula is C14H12F2NOP. The van der Waals surface area contributed by atoms with Crippen molar-refractivity contribution < 1.29 is 13.9 Å². The molecule has 1 aliphatic rings. The third kappa shape index (κ3) is 1.54. The molecule has 1 aliphatic carbocycles. The van der Waals surface area contributed by atoms with E-state index in [1.54, 1.807) is 30.3 Å². The van der Waals surface area contributed by atoms with Gasteiger partial charge in [0.1, 0.15) is 0 Å². The molecule has 0 radical (unpaired) electrons. The lowest BCUT2D eigenvalue weighted by Gasteiger charge is -2.31. The fourth-order valence-corrected chi connectivity index (χ4v) is 2.94. The Bertz CT molecular complexity index is 669. The van der Waals surface area contributed by atoms with Crippen LogP contribution in [0.5, 0.6) is 0 Å². The number of benzene rings is 2. The summed E-state index contributed by atoms with van der Waals surface area (Å²) in [5, 5.41) is 10.6. The maximum atomic E-state index is 14.0. The second-order valence-electron chi connectivity index (χ2n) is 4.68. The Labute approximate surface area is 111 Å². The zero-order chi connectivity index (χ0) is 13.8. The lowest BCUT2D eigenvalue weighted by molar-refractivity contribution is -0.0963. The topological polar surface area (TPSA) is 46.2 Å². The van der Waals surface area contributed by atoms with Crippen molar-refractivity contribution in [1.82, 2.24) is 0 Å². The normalized spacial score (nSPS) is 21.1. The second-order valence-corrected chi connectivity index (χ2v) is 5.41. The highest BCUT2D eigenvalue weighted by Crippen LogP contribution is 2.56. The fraction of sp³-hybridized carbons (Fsp3) is 0.143. The van der Waals surface area contributed by atoms with Crippen molar-refractivity contribution in [1.29, 1.82) is 0 Å². The molecule has 0 heterocycles. The molecule has 2 aromatic rings. The molecule has 0 aliphatic heterocycles. The Morgan fingerprint density at radius 1 is 1.05 bits per heavy atom. The highest BCUT2D eigenvalue weighted by molar-refractivity contribution is 7.18. The molecule has 0 fully saturated rings. The summed E-state index contributed by atoms with van der Waals surface area (Å²) in [5.74, 6) is 0. The monoisotopic (exact) mass is 279 g/mol. The van der Waals surface area contributed by atoms with Crippen LogP contribution in [0.2, 0.25) is 0 Å². The molecule has 2 atom stereocenters. The van der Waals surface area contributed by atoms with Crippen LogP contribution in [-0.2, 0) is 5.60 Å². The van der Waals surface area contributed by atoms with Gasteiger partial charge in [0.05, 0.1) is 0 Å². The van der Waals surface area contributed by atoms with E-state index in [4.69, 9.17) is 5.73 Å². The number of hydrogen-bond donors (Lipinski definition) is 2. The van der Waals surface area contributed by atoms with E-state index in [2.05, 4.69) is 0 Å². The van der Waals surface area contributed by atoms with Crippen LogP contribution >= 0.6 is 9.24 Å². The Kier molecular flexibility index (Phi) is 2.47. The molecule has 2 aromatic carbocycles. The van der Waals surface area contributed by atoms with Gasteiger partial charge < -0.3 is 10.8 Å². The number of aliphatic hydroxyl groups is 1. The first-order valence-electron chi connectivity index (χ1n) is 5.74. The largest absolute Gasteiger partial charge is 0.399 e. The van der Waals surface area contributed by atoms with Gasteiger partial charge in [0.2, 0.25) is 0 Å². The minimum absolute atomic E-state index is 0.147. The Balaban J connectivity index is 2.42. The maximum absolute atomic E-state index is 14.0. The van der Waals surface area contributed by atoms with Crippen LogP contribution in [0.4, 0.5) is 14.5 Å². The third-order valence-corrected chi connectivity index (χ3v) is 3.94. The van der Waals surface area contributed by atoms with Gasteiger partial charge in [-0.2, -0.15) is 8.78 Å². The van der Waals surface area contributed by atoms with Crippen molar-refractivity contribution in [2.75, 3.05) is 5.73 Å². The Morgan fingerprint density at radius 3 is 2.37 bits per heavy atom. The fourth-order valence-electron chi connectivity index (χ4n) is 2.63. The van der Waals surface area contributed by atoms with Crippen molar-refractivity contribution in [3.8, 4) is 11.1 Å². The first-order chi connectivity index (χ1) is 8.85. The van der Waals surface area contributed by atoms with E-state index >= 15 is 0 Å². The summed E-state index contributed by atoms with van der Waals surface area (Å²) in [6.07, 6.45) is 0. The standard InChI is InChI=1S/C14H12F2NOP/c15-14(16,19)13(18)11-4-2-1-3-9(11)10-6-5-8(17)7-12(10)13/h1-7,18H,17,19H2. The van der Waals surface area contributed by atoms with E-state index in [-0.39, 0.29) is 11.1 Å². The molecule has 5 heteroatoms. The number of rotatable bonds is 1. The summed E-state index contributed by atoms with van der Waals surface area (Å²) in [4.78, 5) is 0.